The lowest BCUT2D eigenvalue weighted by atomic mass is 9.94. The van der Waals surface area contributed by atoms with Gasteiger partial charge in [-0.25, -0.2) is 0 Å². The average Bonchev–Trinajstić information content (AvgIpc) is 3.74. The van der Waals surface area contributed by atoms with Crippen molar-refractivity contribution in [1.82, 2.24) is 15.5 Å². The Kier molecular flexibility index (Phi) is 10.3. The summed E-state index contributed by atoms with van der Waals surface area (Å²) >= 11 is 0. The van der Waals surface area contributed by atoms with Gasteiger partial charge in [-0.1, -0.05) is 36.4 Å². The average molecular weight is 513 g/mol. The summed E-state index contributed by atoms with van der Waals surface area (Å²) in [6.45, 7) is 6.64. The maximum absolute atomic E-state index is 12.6. The van der Waals surface area contributed by atoms with Crippen molar-refractivity contribution in [3.05, 3.63) is 54.1 Å². The van der Waals surface area contributed by atoms with E-state index in [0.29, 0.717) is 45.6 Å². The molecule has 0 radical (unpaired) electrons. The molecule has 1 aliphatic heterocycles. The van der Waals surface area contributed by atoms with Gasteiger partial charge in [-0.05, 0) is 57.2 Å². The first-order valence-electron chi connectivity index (χ1n) is 13.1. The summed E-state index contributed by atoms with van der Waals surface area (Å²) in [7, 11) is 0. The number of allylic oxidation sites excluding steroid dienone is 3. The maximum atomic E-state index is 12.6. The van der Waals surface area contributed by atoms with Crippen LogP contribution in [0.4, 0.5) is 5.69 Å². The predicted molar refractivity (Wildman–Crippen MR) is 143 cm³/mol. The molecule has 4 N–H and O–H groups in total. The first-order valence-corrected chi connectivity index (χ1v) is 13.1. The molecule has 3 amide bonds. The number of nitrogens with one attached hydrogen (secondary N) is 2. The normalized spacial score (nSPS) is 18.9. The summed E-state index contributed by atoms with van der Waals surface area (Å²) < 4.78 is 0. The molecule has 37 heavy (non-hydrogen) atoms. The van der Waals surface area contributed by atoms with E-state index < -0.39 is 29.4 Å². The van der Waals surface area contributed by atoms with Gasteiger partial charge in [0.05, 0.1) is 5.41 Å². The molecule has 1 heterocycles. The number of carbonyl (C=O) groups is 3. The van der Waals surface area contributed by atoms with Crippen molar-refractivity contribution in [2.75, 3.05) is 44.2 Å². The van der Waals surface area contributed by atoms with Crippen molar-refractivity contribution < 1.29 is 24.6 Å². The molecule has 2 atom stereocenters. The molecule has 1 aromatic rings. The van der Waals surface area contributed by atoms with E-state index in [9.17, 15) is 24.6 Å². The third-order valence-corrected chi connectivity index (χ3v) is 7.12. The summed E-state index contributed by atoms with van der Waals surface area (Å²) in [5.41, 5.74) is 1.70. The highest BCUT2D eigenvalue weighted by Crippen LogP contribution is 2.52. The van der Waals surface area contributed by atoms with Crippen LogP contribution in [0.3, 0.4) is 0 Å². The third kappa shape index (κ3) is 7.20. The van der Waals surface area contributed by atoms with E-state index in [1.54, 1.807) is 0 Å². The smallest absolute Gasteiger partial charge is 0.254 e. The Labute approximate surface area is 219 Å². The van der Waals surface area contributed by atoms with Crippen LogP contribution in [0, 0.1) is 5.41 Å². The van der Waals surface area contributed by atoms with E-state index in [2.05, 4.69) is 15.5 Å². The lowest BCUT2D eigenvalue weighted by Crippen LogP contribution is -2.55. The Morgan fingerprint density at radius 3 is 2.14 bits per heavy atom. The number of carbonyl (C=O) groups excluding carboxylic acids is 3. The Morgan fingerprint density at radius 2 is 1.57 bits per heavy atom. The third-order valence-electron chi connectivity index (χ3n) is 7.12. The first kappa shape index (κ1) is 28.4. The zero-order chi connectivity index (χ0) is 26.8. The van der Waals surface area contributed by atoms with Gasteiger partial charge < -0.3 is 30.6 Å². The predicted octanol–water partition coefficient (Wildman–Crippen LogP) is 1.37. The number of para-hydroxylation sites is 1. The molecule has 3 rings (SSSR count). The molecule has 1 saturated heterocycles. The summed E-state index contributed by atoms with van der Waals surface area (Å²) in [4.78, 5) is 41.2. The van der Waals surface area contributed by atoms with Crippen molar-refractivity contribution in [3.63, 3.8) is 0 Å². The Morgan fingerprint density at radius 1 is 0.946 bits per heavy atom. The van der Waals surface area contributed by atoms with Crippen LogP contribution >= 0.6 is 0 Å². The van der Waals surface area contributed by atoms with Crippen LogP contribution in [0.5, 0.6) is 0 Å². The molecule has 9 heteroatoms. The summed E-state index contributed by atoms with van der Waals surface area (Å²) in [5, 5.41) is 26.1. The highest BCUT2D eigenvalue weighted by atomic mass is 16.3. The minimum Gasteiger partial charge on any atom is -0.380 e. The van der Waals surface area contributed by atoms with Crippen LogP contribution in [-0.2, 0) is 14.4 Å². The number of aliphatic hydroxyl groups excluding tert-OH is 2. The fourth-order valence-corrected chi connectivity index (χ4v) is 4.71. The number of benzene rings is 1. The number of amides is 3. The molecular weight excluding hydrogens is 472 g/mol. The largest absolute Gasteiger partial charge is 0.380 e. The topological polar surface area (TPSA) is 122 Å². The highest BCUT2D eigenvalue weighted by Gasteiger charge is 2.51. The maximum Gasteiger partial charge on any atom is 0.254 e. The van der Waals surface area contributed by atoms with E-state index in [-0.39, 0.29) is 12.5 Å². The van der Waals surface area contributed by atoms with Crippen LogP contribution in [0.1, 0.15) is 39.5 Å². The van der Waals surface area contributed by atoms with Crippen molar-refractivity contribution >= 4 is 23.4 Å². The van der Waals surface area contributed by atoms with E-state index in [1.165, 1.54) is 4.90 Å². The summed E-state index contributed by atoms with van der Waals surface area (Å²) in [6.07, 6.45) is 5.20. The van der Waals surface area contributed by atoms with Gasteiger partial charge in [0.25, 0.3) is 11.8 Å². The summed E-state index contributed by atoms with van der Waals surface area (Å²) in [5.74, 6) is -1.40. The lowest BCUT2D eigenvalue weighted by molar-refractivity contribution is -0.153. The number of aliphatic hydroxyl groups is 2. The zero-order valence-electron chi connectivity index (χ0n) is 21.9. The van der Waals surface area contributed by atoms with E-state index in [4.69, 9.17) is 0 Å². The second-order valence-corrected chi connectivity index (χ2v) is 9.62. The van der Waals surface area contributed by atoms with Crippen molar-refractivity contribution in [2.45, 2.75) is 51.7 Å². The number of unbranched alkanes of at least 4 members (excludes halogenated alkanes) is 1. The van der Waals surface area contributed by atoms with E-state index in [0.717, 1.165) is 24.1 Å². The molecule has 2 aliphatic rings. The molecule has 1 aromatic carbocycles. The Balaban J connectivity index is 1.32. The number of piperazine rings is 1. The lowest BCUT2D eigenvalue weighted by Gasteiger charge is -2.37. The van der Waals surface area contributed by atoms with Gasteiger partial charge >= 0.3 is 0 Å². The van der Waals surface area contributed by atoms with Crippen LogP contribution in [-0.4, -0.2) is 84.3 Å². The number of anilines is 1. The van der Waals surface area contributed by atoms with E-state index >= 15 is 0 Å². The Hall–Kier alpha value is -3.17. The van der Waals surface area contributed by atoms with Gasteiger partial charge in [0.1, 0.15) is 0 Å². The van der Waals surface area contributed by atoms with E-state index in [1.807, 2.05) is 62.4 Å². The molecule has 0 bridgehead atoms. The monoisotopic (exact) mass is 512 g/mol. The molecule has 0 spiro atoms. The minimum atomic E-state index is -1.83. The van der Waals surface area contributed by atoms with Gasteiger partial charge in [-0.15, -0.1) is 0 Å². The SMILES string of the molecule is CC=CC(=CC)C1(C(=O)NCCCCNC(=O)[C@H](O)[C@@H](O)C(=O)N2CCN(c3ccccc3)CC2)CC1. The van der Waals surface area contributed by atoms with Gasteiger partial charge in [-0.3, -0.25) is 14.4 Å². The fraction of sp³-hybridized carbons (Fsp3) is 0.536. The van der Waals surface area contributed by atoms with Crippen molar-refractivity contribution in [2.24, 2.45) is 5.41 Å². The number of rotatable bonds is 12. The molecule has 0 aromatic heterocycles. The fourth-order valence-electron chi connectivity index (χ4n) is 4.71. The van der Waals surface area contributed by atoms with Crippen LogP contribution in [0.15, 0.2) is 54.1 Å². The van der Waals surface area contributed by atoms with Crippen LogP contribution in [0.25, 0.3) is 0 Å². The molecule has 202 valence electrons. The van der Waals surface area contributed by atoms with Crippen LogP contribution < -0.4 is 15.5 Å². The zero-order valence-corrected chi connectivity index (χ0v) is 21.9. The number of nitrogens with zero attached hydrogens (tertiary/aromatic N) is 2. The second kappa shape index (κ2) is 13.4. The Bertz CT molecular complexity index is 982. The standard InChI is InChI=1S/C28H40N4O5/c1-3-10-21(4-2)28(13-14-28)27(37)30-16-9-8-15-29-25(35)23(33)24(34)26(36)32-19-17-31(18-20-32)22-11-6-5-7-12-22/h3-7,10-12,23-24,33-34H,8-9,13-20H2,1-2H3,(H,29,35)(H,30,37)/t23-,24-/m1/s1. The molecule has 1 aliphatic carbocycles. The highest BCUT2D eigenvalue weighted by molar-refractivity contribution is 5.91. The molecule has 9 nitrogen and oxygen atoms in total. The van der Waals surface area contributed by atoms with Crippen molar-refractivity contribution in [1.29, 1.82) is 0 Å². The van der Waals surface area contributed by atoms with Crippen LogP contribution in [0.2, 0.25) is 0 Å². The minimum absolute atomic E-state index is 0.0318. The van der Waals surface area contributed by atoms with Gasteiger partial charge in [0.2, 0.25) is 5.91 Å². The molecule has 1 saturated carbocycles. The second-order valence-electron chi connectivity index (χ2n) is 9.62. The molecular formula is C28H40N4O5. The van der Waals surface area contributed by atoms with Gasteiger partial charge in [0.15, 0.2) is 12.2 Å². The number of hydrogen-bond donors (Lipinski definition) is 4. The van der Waals surface area contributed by atoms with Gasteiger partial charge in [-0.2, -0.15) is 0 Å². The van der Waals surface area contributed by atoms with Crippen molar-refractivity contribution in [3.8, 4) is 0 Å². The van der Waals surface area contributed by atoms with Gasteiger partial charge in [0, 0.05) is 45.0 Å². The molecule has 0 unspecified atom stereocenters. The number of hydrogen-bond acceptors (Lipinski definition) is 6. The summed E-state index contributed by atoms with van der Waals surface area (Å²) in [6, 6.07) is 9.86. The molecule has 2 fully saturated rings. The first-order chi connectivity index (χ1) is 17.8. The quantitative estimate of drug-likeness (QED) is 0.248.